The molecule has 0 bridgehead atoms. The van der Waals surface area contributed by atoms with E-state index in [0.29, 0.717) is 22.3 Å². The van der Waals surface area contributed by atoms with E-state index in [-0.39, 0.29) is 5.82 Å². The fourth-order valence-corrected chi connectivity index (χ4v) is 3.92. The molecule has 2 aromatic heterocycles. The fraction of sp³-hybridized carbons (Fsp3) is 0.136. The van der Waals surface area contributed by atoms with Crippen LogP contribution in [-0.4, -0.2) is 27.8 Å². The summed E-state index contributed by atoms with van der Waals surface area (Å²) in [4.78, 5) is 17.3. The van der Waals surface area contributed by atoms with Gasteiger partial charge in [0.15, 0.2) is 0 Å². The Kier molecular flexibility index (Phi) is 5.70. The minimum atomic E-state index is -4.65. The van der Waals surface area contributed by atoms with Gasteiger partial charge in [-0.3, -0.25) is 4.79 Å². The summed E-state index contributed by atoms with van der Waals surface area (Å²) in [6.07, 6.45) is -4.65. The van der Waals surface area contributed by atoms with Gasteiger partial charge in [0.25, 0.3) is 5.91 Å². The van der Waals surface area contributed by atoms with Crippen LogP contribution in [0.3, 0.4) is 0 Å². The van der Waals surface area contributed by atoms with Gasteiger partial charge in [0.2, 0.25) is 5.13 Å². The van der Waals surface area contributed by atoms with Crippen LogP contribution in [0.2, 0.25) is 0 Å². The molecule has 4 rings (SSSR count). The van der Waals surface area contributed by atoms with Gasteiger partial charge in [-0.2, -0.15) is 23.0 Å². The van der Waals surface area contributed by atoms with Crippen LogP contribution in [0.4, 0.5) is 19.0 Å². The smallest absolute Gasteiger partial charge is 0.417 e. The number of anilines is 1. The molecule has 0 radical (unpaired) electrons. The Bertz CT molecular complexity index is 1280. The Hall–Kier alpha value is -3.66. The van der Waals surface area contributed by atoms with Crippen LogP contribution < -0.4 is 10.1 Å². The molecule has 0 aliphatic carbocycles. The minimum Gasteiger partial charge on any atom is -0.497 e. The number of benzene rings is 2. The molecular weight excluding hydrogens is 441 g/mol. The lowest BCUT2D eigenvalue weighted by Gasteiger charge is -2.12. The number of hydrogen-bond acceptors (Lipinski definition) is 5. The molecule has 2 aromatic carbocycles. The lowest BCUT2D eigenvalue weighted by atomic mass is 10.1. The van der Waals surface area contributed by atoms with E-state index in [0.717, 1.165) is 17.7 Å². The predicted molar refractivity (Wildman–Crippen MR) is 115 cm³/mol. The van der Waals surface area contributed by atoms with Crippen molar-refractivity contribution < 1.29 is 22.7 Å². The second-order valence-electron chi connectivity index (χ2n) is 6.83. The highest BCUT2D eigenvalue weighted by molar-refractivity contribution is 7.12. The van der Waals surface area contributed by atoms with Crippen LogP contribution in [0.5, 0.6) is 5.75 Å². The first-order chi connectivity index (χ1) is 15.3. The van der Waals surface area contributed by atoms with Gasteiger partial charge in [-0.25, -0.2) is 4.98 Å². The molecule has 4 aromatic rings. The summed E-state index contributed by atoms with van der Waals surface area (Å²) in [6.45, 7) is 1.71. The number of nitrogens with one attached hydrogen (secondary N) is 1. The molecular formula is C22H17F3N4O2S. The van der Waals surface area contributed by atoms with E-state index in [4.69, 9.17) is 4.74 Å². The molecule has 2 heterocycles. The van der Waals surface area contributed by atoms with Crippen LogP contribution in [0, 0.1) is 6.92 Å². The molecule has 0 unspecified atom stereocenters. The molecule has 1 N–H and O–H groups in total. The van der Waals surface area contributed by atoms with Crippen LogP contribution in [0.25, 0.3) is 16.4 Å². The molecule has 0 fully saturated rings. The SMILES string of the molecule is COc1cccc(-c2csc(-n3nc(C)cc3NC(=O)c3ccccc3C(F)(F)F)n2)c1. The van der Waals surface area contributed by atoms with E-state index >= 15 is 0 Å². The summed E-state index contributed by atoms with van der Waals surface area (Å²) < 4.78 is 46.5. The summed E-state index contributed by atoms with van der Waals surface area (Å²) in [5.41, 5.74) is 0.608. The molecule has 6 nitrogen and oxygen atoms in total. The minimum absolute atomic E-state index is 0.219. The topological polar surface area (TPSA) is 69.0 Å². The number of alkyl halides is 3. The molecule has 1 amide bonds. The molecule has 10 heteroatoms. The number of hydrogen-bond donors (Lipinski definition) is 1. The Balaban J connectivity index is 1.65. The van der Waals surface area contributed by atoms with Crippen LogP contribution in [0.1, 0.15) is 21.6 Å². The van der Waals surface area contributed by atoms with Gasteiger partial charge in [-0.15, -0.1) is 11.3 Å². The maximum atomic E-state index is 13.3. The van der Waals surface area contributed by atoms with Crippen molar-refractivity contribution in [2.75, 3.05) is 12.4 Å². The second kappa shape index (κ2) is 8.46. The van der Waals surface area contributed by atoms with Crippen molar-refractivity contribution in [1.82, 2.24) is 14.8 Å². The van der Waals surface area contributed by atoms with Crippen molar-refractivity contribution in [3.05, 3.63) is 76.8 Å². The second-order valence-corrected chi connectivity index (χ2v) is 7.66. The molecule has 0 atom stereocenters. The van der Waals surface area contributed by atoms with Crippen LogP contribution in [0.15, 0.2) is 60.0 Å². The lowest BCUT2D eigenvalue weighted by molar-refractivity contribution is -0.137. The van der Waals surface area contributed by atoms with E-state index in [2.05, 4.69) is 15.4 Å². The zero-order valence-electron chi connectivity index (χ0n) is 17.0. The number of carbonyl (C=O) groups is 1. The first kappa shape index (κ1) is 21.6. The van der Waals surface area contributed by atoms with E-state index in [1.165, 1.54) is 28.2 Å². The third-order valence-electron chi connectivity index (χ3n) is 4.59. The van der Waals surface area contributed by atoms with Gasteiger partial charge >= 0.3 is 6.18 Å². The molecule has 164 valence electrons. The molecule has 0 saturated carbocycles. The van der Waals surface area contributed by atoms with Gasteiger partial charge in [0, 0.05) is 17.0 Å². The Morgan fingerprint density at radius 2 is 1.91 bits per heavy atom. The summed E-state index contributed by atoms with van der Waals surface area (Å²) in [5.74, 6) is 0.0166. The van der Waals surface area contributed by atoms with Crippen molar-refractivity contribution in [3.8, 4) is 22.1 Å². The zero-order chi connectivity index (χ0) is 22.9. The highest BCUT2D eigenvalue weighted by Crippen LogP contribution is 2.33. The summed E-state index contributed by atoms with van der Waals surface area (Å²) in [5, 5.41) is 9.16. The number of aryl methyl sites for hydroxylation is 1. The maximum Gasteiger partial charge on any atom is 0.417 e. The van der Waals surface area contributed by atoms with Crippen molar-refractivity contribution in [2.24, 2.45) is 0 Å². The Morgan fingerprint density at radius 1 is 1.12 bits per heavy atom. The number of ether oxygens (including phenoxy) is 1. The predicted octanol–water partition coefficient (Wildman–Crippen LogP) is 5.58. The molecule has 0 aliphatic heterocycles. The van der Waals surface area contributed by atoms with Crippen molar-refractivity contribution in [2.45, 2.75) is 13.1 Å². The van der Waals surface area contributed by atoms with Gasteiger partial charge in [0.1, 0.15) is 11.6 Å². The van der Waals surface area contributed by atoms with E-state index < -0.39 is 23.2 Å². The average molecular weight is 458 g/mol. The highest BCUT2D eigenvalue weighted by atomic mass is 32.1. The van der Waals surface area contributed by atoms with Crippen LogP contribution in [-0.2, 0) is 6.18 Å². The number of rotatable bonds is 5. The van der Waals surface area contributed by atoms with Gasteiger partial charge in [-0.1, -0.05) is 24.3 Å². The number of halogens is 3. The monoisotopic (exact) mass is 458 g/mol. The molecule has 32 heavy (non-hydrogen) atoms. The standard InChI is InChI=1S/C22H17F3N4O2S/c1-13-10-19(27-20(30)16-8-3-4-9-17(16)22(23,24)25)29(28-13)21-26-18(12-32-21)14-6-5-7-15(11-14)31-2/h3-12H,1-2H3,(H,27,30). The lowest BCUT2D eigenvalue weighted by Crippen LogP contribution is -2.20. The first-order valence-electron chi connectivity index (χ1n) is 9.41. The summed E-state index contributed by atoms with van der Waals surface area (Å²) in [7, 11) is 1.57. The number of methoxy groups -OCH3 is 1. The van der Waals surface area contributed by atoms with Gasteiger partial charge in [-0.05, 0) is 31.2 Å². The molecule has 0 spiro atoms. The van der Waals surface area contributed by atoms with Crippen molar-refractivity contribution in [3.63, 3.8) is 0 Å². The number of carbonyl (C=O) groups excluding carboxylic acids is 1. The molecule has 0 aliphatic rings. The average Bonchev–Trinajstić information content (AvgIpc) is 3.40. The third kappa shape index (κ3) is 4.35. The Labute approximate surface area is 185 Å². The van der Waals surface area contributed by atoms with Gasteiger partial charge < -0.3 is 10.1 Å². The normalized spacial score (nSPS) is 11.4. The zero-order valence-corrected chi connectivity index (χ0v) is 17.8. The van der Waals surface area contributed by atoms with E-state index in [9.17, 15) is 18.0 Å². The van der Waals surface area contributed by atoms with Crippen molar-refractivity contribution >= 4 is 23.1 Å². The highest BCUT2D eigenvalue weighted by Gasteiger charge is 2.35. The first-order valence-corrected chi connectivity index (χ1v) is 10.3. The van der Waals surface area contributed by atoms with Crippen molar-refractivity contribution in [1.29, 1.82) is 0 Å². The fourth-order valence-electron chi connectivity index (χ4n) is 3.12. The van der Waals surface area contributed by atoms with E-state index in [1.54, 1.807) is 20.1 Å². The number of aromatic nitrogens is 3. The van der Waals surface area contributed by atoms with E-state index in [1.807, 2.05) is 29.6 Å². The summed E-state index contributed by atoms with van der Waals surface area (Å²) in [6, 6.07) is 13.6. The molecule has 0 saturated heterocycles. The number of thiazole rings is 1. The summed E-state index contributed by atoms with van der Waals surface area (Å²) >= 11 is 1.29. The quantitative estimate of drug-likeness (QED) is 0.424. The number of amides is 1. The third-order valence-corrected chi connectivity index (χ3v) is 5.41. The largest absolute Gasteiger partial charge is 0.497 e. The van der Waals surface area contributed by atoms with Gasteiger partial charge in [0.05, 0.1) is 29.6 Å². The maximum absolute atomic E-state index is 13.3. The van der Waals surface area contributed by atoms with Crippen LogP contribution >= 0.6 is 11.3 Å². The number of nitrogens with zero attached hydrogens (tertiary/aromatic N) is 3. The Morgan fingerprint density at radius 3 is 2.66 bits per heavy atom.